The van der Waals surface area contributed by atoms with Crippen LogP contribution in [0.15, 0.2) is 18.2 Å². The highest BCUT2D eigenvalue weighted by atomic mass is 19.1. The molecule has 1 aromatic rings. The molecule has 64 valence electrons. The van der Waals surface area contributed by atoms with Crippen LogP contribution in [0.1, 0.15) is 5.56 Å². The molecular formula is C9H11FN2. The second kappa shape index (κ2) is 2.75. The molecule has 0 saturated heterocycles. The third-order valence-corrected chi connectivity index (χ3v) is 2.18. The number of rotatable bonds is 1. The lowest BCUT2D eigenvalue weighted by Crippen LogP contribution is -2.25. The number of fused-ring (bicyclic) bond motifs is 1. The van der Waals surface area contributed by atoms with Gasteiger partial charge in [-0.2, -0.15) is 0 Å². The molecule has 1 aromatic carbocycles. The zero-order valence-corrected chi connectivity index (χ0v) is 6.68. The summed E-state index contributed by atoms with van der Waals surface area (Å²) in [5.41, 5.74) is 7.55. The largest absolute Gasteiger partial charge is 0.380 e. The molecule has 0 fully saturated rings. The number of halogens is 1. The van der Waals surface area contributed by atoms with E-state index >= 15 is 0 Å². The number of hydrogen-bond acceptors (Lipinski definition) is 2. The Balaban J connectivity index is 2.30. The van der Waals surface area contributed by atoms with E-state index in [0.29, 0.717) is 6.54 Å². The number of nitrogens with two attached hydrogens (primary N) is 1. The summed E-state index contributed by atoms with van der Waals surface area (Å²) in [5.74, 6) is -0.173. The Kier molecular flexibility index (Phi) is 1.73. The van der Waals surface area contributed by atoms with Gasteiger partial charge >= 0.3 is 0 Å². The van der Waals surface area contributed by atoms with E-state index in [1.54, 1.807) is 12.1 Å². The maximum absolute atomic E-state index is 12.7. The van der Waals surface area contributed by atoms with Gasteiger partial charge in [0.05, 0.1) is 0 Å². The minimum atomic E-state index is -0.173. The van der Waals surface area contributed by atoms with E-state index in [-0.39, 0.29) is 11.9 Å². The molecule has 0 amide bonds. The van der Waals surface area contributed by atoms with Crippen LogP contribution in [-0.4, -0.2) is 12.6 Å². The summed E-state index contributed by atoms with van der Waals surface area (Å²) in [5, 5.41) is 3.22. The molecule has 3 heteroatoms. The predicted octanol–water partition coefficient (Wildman–Crippen LogP) is 1.12. The second-order valence-corrected chi connectivity index (χ2v) is 3.08. The van der Waals surface area contributed by atoms with Crippen LogP contribution < -0.4 is 11.1 Å². The summed E-state index contributed by atoms with van der Waals surface area (Å²) in [6.07, 6.45) is 0.837. The molecular weight excluding hydrogens is 155 g/mol. The maximum Gasteiger partial charge on any atom is 0.123 e. The van der Waals surface area contributed by atoms with Crippen molar-refractivity contribution in [3.05, 3.63) is 29.6 Å². The van der Waals surface area contributed by atoms with Gasteiger partial charge in [-0.1, -0.05) is 0 Å². The highest BCUT2D eigenvalue weighted by Crippen LogP contribution is 2.25. The Morgan fingerprint density at radius 2 is 2.42 bits per heavy atom. The molecule has 0 spiro atoms. The first kappa shape index (κ1) is 7.55. The van der Waals surface area contributed by atoms with Gasteiger partial charge in [-0.05, 0) is 30.2 Å². The Labute approximate surface area is 70.6 Å². The Morgan fingerprint density at radius 3 is 3.17 bits per heavy atom. The third kappa shape index (κ3) is 1.16. The molecule has 0 radical (unpaired) electrons. The van der Waals surface area contributed by atoms with Crippen LogP contribution in [0.2, 0.25) is 0 Å². The first-order chi connectivity index (χ1) is 5.79. The first-order valence-corrected chi connectivity index (χ1v) is 4.04. The van der Waals surface area contributed by atoms with Crippen LogP contribution in [-0.2, 0) is 6.42 Å². The Bertz CT molecular complexity index is 299. The van der Waals surface area contributed by atoms with Crippen LogP contribution in [0.5, 0.6) is 0 Å². The number of benzene rings is 1. The molecule has 0 saturated carbocycles. The molecule has 1 aliphatic heterocycles. The fourth-order valence-electron chi connectivity index (χ4n) is 1.55. The monoisotopic (exact) mass is 166 g/mol. The van der Waals surface area contributed by atoms with E-state index in [1.165, 1.54) is 6.07 Å². The lowest BCUT2D eigenvalue weighted by atomic mass is 10.1. The van der Waals surface area contributed by atoms with Crippen molar-refractivity contribution < 1.29 is 4.39 Å². The van der Waals surface area contributed by atoms with Crippen molar-refractivity contribution in [2.75, 3.05) is 11.9 Å². The van der Waals surface area contributed by atoms with Crippen molar-refractivity contribution in [3.8, 4) is 0 Å². The number of hydrogen-bond donors (Lipinski definition) is 2. The first-order valence-electron chi connectivity index (χ1n) is 4.04. The standard InChI is InChI=1S/C9H11FN2/c10-7-1-2-9-6(3-7)4-8(5-11)12-9/h1-3,8,12H,4-5,11H2/t8-/m1/s1. The molecule has 3 N–H and O–H groups in total. The van der Waals surface area contributed by atoms with E-state index in [1.807, 2.05) is 0 Å². The molecule has 2 rings (SSSR count). The van der Waals surface area contributed by atoms with Gasteiger partial charge in [-0.15, -0.1) is 0 Å². The van der Waals surface area contributed by atoms with E-state index in [2.05, 4.69) is 5.32 Å². The van der Waals surface area contributed by atoms with Crippen molar-refractivity contribution in [2.24, 2.45) is 5.73 Å². The van der Waals surface area contributed by atoms with Crippen LogP contribution in [0.25, 0.3) is 0 Å². The van der Waals surface area contributed by atoms with Gasteiger partial charge in [-0.25, -0.2) is 4.39 Å². The SMILES string of the molecule is NC[C@H]1Cc2cc(F)ccc2N1. The van der Waals surface area contributed by atoms with E-state index in [9.17, 15) is 4.39 Å². The van der Waals surface area contributed by atoms with E-state index in [4.69, 9.17) is 5.73 Å². The van der Waals surface area contributed by atoms with Crippen molar-refractivity contribution in [2.45, 2.75) is 12.5 Å². The van der Waals surface area contributed by atoms with Crippen molar-refractivity contribution in [3.63, 3.8) is 0 Å². The summed E-state index contributed by atoms with van der Waals surface area (Å²) < 4.78 is 12.7. The molecule has 1 aliphatic rings. The summed E-state index contributed by atoms with van der Waals surface area (Å²) in [7, 11) is 0. The highest BCUT2D eigenvalue weighted by Gasteiger charge is 2.18. The molecule has 2 nitrogen and oxygen atoms in total. The predicted molar refractivity (Wildman–Crippen MR) is 46.6 cm³/mol. The van der Waals surface area contributed by atoms with Gasteiger partial charge in [0.25, 0.3) is 0 Å². The molecule has 0 bridgehead atoms. The highest BCUT2D eigenvalue weighted by molar-refractivity contribution is 5.56. The average molecular weight is 166 g/mol. The van der Waals surface area contributed by atoms with Crippen LogP contribution in [0, 0.1) is 5.82 Å². The van der Waals surface area contributed by atoms with E-state index < -0.39 is 0 Å². The van der Waals surface area contributed by atoms with Gasteiger partial charge in [-0.3, -0.25) is 0 Å². The van der Waals surface area contributed by atoms with Crippen molar-refractivity contribution in [1.82, 2.24) is 0 Å². The van der Waals surface area contributed by atoms with Crippen LogP contribution >= 0.6 is 0 Å². The van der Waals surface area contributed by atoms with Crippen molar-refractivity contribution in [1.29, 1.82) is 0 Å². The Morgan fingerprint density at radius 1 is 1.58 bits per heavy atom. The molecule has 12 heavy (non-hydrogen) atoms. The fourth-order valence-corrected chi connectivity index (χ4v) is 1.55. The van der Waals surface area contributed by atoms with Gasteiger partial charge < -0.3 is 11.1 Å². The van der Waals surface area contributed by atoms with Gasteiger partial charge in [0.15, 0.2) is 0 Å². The normalized spacial score (nSPS) is 20.3. The minimum Gasteiger partial charge on any atom is -0.380 e. The number of anilines is 1. The van der Waals surface area contributed by atoms with E-state index in [0.717, 1.165) is 17.7 Å². The lowest BCUT2D eigenvalue weighted by Gasteiger charge is -2.05. The summed E-state index contributed by atoms with van der Waals surface area (Å²) in [6, 6.07) is 5.07. The molecule has 1 heterocycles. The minimum absolute atomic E-state index is 0.173. The average Bonchev–Trinajstić information content (AvgIpc) is 2.46. The summed E-state index contributed by atoms with van der Waals surface area (Å²) >= 11 is 0. The second-order valence-electron chi connectivity index (χ2n) is 3.08. The quantitative estimate of drug-likeness (QED) is 0.656. The molecule has 0 aromatic heterocycles. The van der Waals surface area contributed by atoms with Gasteiger partial charge in [0.1, 0.15) is 5.82 Å². The topological polar surface area (TPSA) is 38.0 Å². The van der Waals surface area contributed by atoms with Crippen LogP contribution in [0.3, 0.4) is 0 Å². The maximum atomic E-state index is 12.7. The fraction of sp³-hybridized carbons (Fsp3) is 0.333. The lowest BCUT2D eigenvalue weighted by molar-refractivity contribution is 0.626. The van der Waals surface area contributed by atoms with Crippen LogP contribution in [0.4, 0.5) is 10.1 Å². The smallest absolute Gasteiger partial charge is 0.123 e. The molecule has 0 aliphatic carbocycles. The number of nitrogens with one attached hydrogen (secondary N) is 1. The Hall–Kier alpha value is -1.09. The zero-order valence-electron chi connectivity index (χ0n) is 6.68. The van der Waals surface area contributed by atoms with Gasteiger partial charge in [0, 0.05) is 18.3 Å². The molecule has 0 unspecified atom stereocenters. The summed E-state index contributed by atoms with van der Waals surface area (Å²) in [6.45, 7) is 0.594. The van der Waals surface area contributed by atoms with Gasteiger partial charge in [0.2, 0.25) is 0 Å². The van der Waals surface area contributed by atoms with Crippen molar-refractivity contribution >= 4 is 5.69 Å². The summed E-state index contributed by atoms with van der Waals surface area (Å²) in [4.78, 5) is 0. The zero-order chi connectivity index (χ0) is 8.55. The molecule has 1 atom stereocenters. The third-order valence-electron chi connectivity index (χ3n) is 2.18.